The molecule has 0 amide bonds. The summed E-state index contributed by atoms with van der Waals surface area (Å²) in [5.41, 5.74) is 1.55. The van der Waals surface area contributed by atoms with Crippen LogP contribution in [0.3, 0.4) is 0 Å². The van der Waals surface area contributed by atoms with E-state index in [9.17, 15) is 9.59 Å². The van der Waals surface area contributed by atoms with Crippen LogP contribution in [0.2, 0.25) is 0 Å². The van der Waals surface area contributed by atoms with Gasteiger partial charge in [-0.2, -0.15) is 0 Å². The fourth-order valence-corrected chi connectivity index (χ4v) is 3.03. The molecule has 24 heavy (non-hydrogen) atoms. The Morgan fingerprint density at radius 1 is 0.958 bits per heavy atom. The zero-order valence-corrected chi connectivity index (χ0v) is 15.9. The van der Waals surface area contributed by atoms with Gasteiger partial charge in [0.25, 0.3) is 0 Å². The molecule has 0 aromatic carbocycles. The quantitative estimate of drug-likeness (QED) is 0.192. The number of carboxylic acids is 1. The number of carbonyl (C=O) groups is 2. The average molecular weight is 339 g/mol. The first-order valence-corrected chi connectivity index (χ1v) is 10.00. The predicted molar refractivity (Wildman–Crippen MR) is 101 cm³/mol. The van der Waals surface area contributed by atoms with Crippen LogP contribution in [0, 0.1) is 5.92 Å². The summed E-state index contributed by atoms with van der Waals surface area (Å²) in [6.45, 7) is 4.47. The van der Waals surface area contributed by atoms with Crippen LogP contribution < -0.4 is 0 Å². The Labute approximate surface area is 148 Å². The summed E-state index contributed by atoms with van der Waals surface area (Å²) >= 11 is 0. The van der Waals surface area contributed by atoms with E-state index in [-0.39, 0.29) is 6.42 Å². The lowest BCUT2D eigenvalue weighted by Gasteiger charge is -2.09. The lowest BCUT2D eigenvalue weighted by atomic mass is 9.97. The number of allylic oxidation sites excluding steroid dienone is 2. The molecule has 0 spiro atoms. The third-order valence-electron chi connectivity index (χ3n) is 4.73. The predicted octanol–water partition coefficient (Wildman–Crippen LogP) is 6.31. The molecule has 0 fully saturated rings. The fourth-order valence-electron chi connectivity index (χ4n) is 3.03. The summed E-state index contributed by atoms with van der Waals surface area (Å²) in [5.74, 6) is -1.33. The Hall–Kier alpha value is -1.12. The van der Waals surface area contributed by atoms with Gasteiger partial charge in [0, 0.05) is 6.42 Å². The van der Waals surface area contributed by atoms with Crippen molar-refractivity contribution < 1.29 is 14.7 Å². The largest absolute Gasteiger partial charge is 0.481 e. The molecule has 0 saturated carbocycles. The molecular formula is C21H38O3. The Morgan fingerprint density at radius 3 is 2.25 bits per heavy atom. The summed E-state index contributed by atoms with van der Waals surface area (Å²) in [6.07, 6.45) is 18.5. The van der Waals surface area contributed by atoms with Gasteiger partial charge in [-0.15, -0.1) is 0 Å². The monoisotopic (exact) mass is 338 g/mol. The highest BCUT2D eigenvalue weighted by Gasteiger charge is 2.15. The zero-order valence-electron chi connectivity index (χ0n) is 15.9. The third kappa shape index (κ3) is 13.3. The summed E-state index contributed by atoms with van der Waals surface area (Å²) in [5, 5.41) is 9.01. The van der Waals surface area contributed by atoms with Gasteiger partial charge in [0.1, 0.15) is 6.29 Å². The molecule has 0 rings (SSSR count). The number of unbranched alkanes of at least 4 members (excludes halogenated alkanes) is 8. The van der Waals surface area contributed by atoms with E-state index in [0.29, 0.717) is 6.42 Å². The lowest BCUT2D eigenvalue weighted by Crippen LogP contribution is -2.13. The van der Waals surface area contributed by atoms with Crippen LogP contribution >= 0.6 is 0 Å². The molecule has 1 N–H and O–H groups in total. The second-order valence-corrected chi connectivity index (χ2v) is 6.81. The van der Waals surface area contributed by atoms with Crippen molar-refractivity contribution in [2.24, 2.45) is 5.92 Å². The highest BCUT2D eigenvalue weighted by atomic mass is 16.4. The van der Waals surface area contributed by atoms with Gasteiger partial charge in [-0.1, -0.05) is 70.4 Å². The van der Waals surface area contributed by atoms with Crippen molar-refractivity contribution in [2.75, 3.05) is 0 Å². The van der Waals surface area contributed by atoms with Gasteiger partial charge >= 0.3 is 5.97 Å². The topological polar surface area (TPSA) is 54.4 Å². The van der Waals surface area contributed by atoms with Crippen LogP contribution in [0.5, 0.6) is 0 Å². The van der Waals surface area contributed by atoms with E-state index in [1.807, 2.05) is 0 Å². The number of rotatable bonds is 17. The van der Waals surface area contributed by atoms with Crippen LogP contribution in [0.15, 0.2) is 11.6 Å². The van der Waals surface area contributed by atoms with E-state index in [4.69, 9.17) is 5.11 Å². The second-order valence-electron chi connectivity index (χ2n) is 6.81. The highest BCUT2D eigenvalue weighted by molar-refractivity contribution is 5.73. The van der Waals surface area contributed by atoms with Gasteiger partial charge in [0.05, 0.1) is 5.92 Å². The molecule has 0 bridgehead atoms. The molecule has 0 aromatic heterocycles. The van der Waals surface area contributed by atoms with Gasteiger partial charge in [0.2, 0.25) is 0 Å². The van der Waals surface area contributed by atoms with E-state index in [1.165, 1.54) is 44.9 Å². The molecule has 0 aliphatic carbocycles. The van der Waals surface area contributed by atoms with Crippen molar-refractivity contribution in [1.29, 1.82) is 0 Å². The van der Waals surface area contributed by atoms with E-state index in [1.54, 1.807) is 5.57 Å². The Bertz CT molecular complexity index is 347. The average Bonchev–Trinajstić information content (AvgIpc) is 2.57. The molecule has 140 valence electrons. The van der Waals surface area contributed by atoms with Gasteiger partial charge in [-0.25, -0.2) is 0 Å². The molecule has 1 unspecified atom stereocenters. The zero-order chi connectivity index (χ0) is 18.0. The molecule has 0 aliphatic rings. The Kier molecular flexibility index (Phi) is 15.9. The number of hydrogen-bond donors (Lipinski definition) is 1. The first-order valence-electron chi connectivity index (χ1n) is 10.00. The number of aldehydes is 1. The molecule has 3 heteroatoms. The minimum atomic E-state index is -0.838. The molecular weight excluding hydrogens is 300 g/mol. The number of aliphatic carboxylic acids is 1. The Balaban J connectivity index is 3.75. The van der Waals surface area contributed by atoms with E-state index >= 15 is 0 Å². The van der Waals surface area contributed by atoms with Crippen molar-refractivity contribution in [1.82, 2.24) is 0 Å². The summed E-state index contributed by atoms with van der Waals surface area (Å²) in [4.78, 5) is 21.4. The Morgan fingerprint density at radius 2 is 1.62 bits per heavy atom. The molecule has 0 saturated heterocycles. The van der Waals surface area contributed by atoms with Crippen molar-refractivity contribution in [3.8, 4) is 0 Å². The van der Waals surface area contributed by atoms with Crippen LogP contribution in [0.4, 0.5) is 0 Å². The van der Waals surface area contributed by atoms with Crippen LogP contribution in [-0.4, -0.2) is 17.4 Å². The van der Waals surface area contributed by atoms with E-state index < -0.39 is 11.9 Å². The smallest absolute Gasteiger partial charge is 0.306 e. The molecule has 0 aromatic rings. The molecule has 0 aliphatic heterocycles. The van der Waals surface area contributed by atoms with Gasteiger partial charge in [0.15, 0.2) is 0 Å². The summed E-state index contributed by atoms with van der Waals surface area (Å²) in [6, 6.07) is 0. The maximum Gasteiger partial charge on any atom is 0.306 e. The number of hydrogen-bond acceptors (Lipinski definition) is 2. The SMILES string of the molecule is CCCCCCCC/C=C(/CC)CCCCCC(CC=O)C(=O)O. The maximum absolute atomic E-state index is 11.0. The highest BCUT2D eigenvalue weighted by Crippen LogP contribution is 2.18. The standard InChI is InChI=1S/C21H38O3/c1-3-5-6-7-8-9-11-14-19(4-2)15-12-10-13-16-20(17-18-22)21(23)24/h14,18,20H,3-13,15-17H2,1-2H3,(H,23,24)/b19-14-. The van der Waals surface area contributed by atoms with Gasteiger partial charge in [-0.05, 0) is 38.5 Å². The third-order valence-corrected chi connectivity index (χ3v) is 4.73. The molecule has 3 nitrogen and oxygen atoms in total. The molecule has 0 heterocycles. The summed E-state index contributed by atoms with van der Waals surface area (Å²) < 4.78 is 0. The molecule has 0 radical (unpaired) electrons. The van der Waals surface area contributed by atoms with Crippen LogP contribution in [0.25, 0.3) is 0 Å². The first-order chi connectivity index (χ1) is 11.7. The van der Waals surface area contributed by atoms with E-state index in [0.717, 1.165) is 38.4 Å². The van der Waals surface area contributed by atoms with Crippen LogP contribution in [0.1, 0.15) is 104 Å². The van der Waals surface area contributed by atoms with Crippen molar-refractivity contribution >= 4 is 12.3 Å². The molecule has 1 atom stereocenters. The lowest BCUT2D eigenvalue weighted by molar-refractivity contribution is -0.143. The minimum Gasteiger partial charge on any atom is -0.481 e. The van der Waals surface area contributed by atoms with Crippen molar-refractivity contribution in [3.63, 3.8) is 0 Å². The van der Waals surface area contributed by atoms with Crippen molar-refractivity contribution in [2.45, 2.75) is 104 Å². The number of carbonyl (C=O) groups excluding carboxylic acids is 1. The van der Waals surface area contributed by atoms with Crippen molar-refractivity contribution in [3.05, 3.63) is 11.6 Å². The van der Waals surface area contributed by atoms with Gasteiger partial charge < -0.3 is 9.90 Å². The first kappa shape index (κ1) is 22.9. The van der Waals surface area contributed by atoms with E-state index in [2.05, 4.69) is 19.9 Å². The maximum atomic E-state index is 11.0. The fraction of sp³-hybridized carbons (Fsp3) is 0.810. The van der Waals surface area contributed by atoms with Crippen LogP contribution in [-0.2, 0) is 9.59 Å². The normalized spacial score (nSPS) is 13.0. The minimum absolute atomic E-state index is 0.147. The number of carboxylic acid groups (broad SMARTS) is 1. The van der Waals surface area contributed by atoms with Gasteiger partial charge in [-0.3, -0.25) is 4.79 Å². The summed E-state index contributed by atoms with van der Waals surface area (Å²) in [7, 11) is 0. The second kappa shape index (κ2) is 16.7.